The number of H-pyrrole nitrogens is 1. The van der Waals surface area contributed by atoms with Crippen molar-refractivity contribution in [3.8, 4) is 5.75 Å². The third-order valence-corrected chi connectivity index (χ3v) is 4.43. The van der Waals surface area contributed by atoms with Gasteiger partial charge in [-0.25, -0.2) is 4.39 Å². The molecule has 0 saturated heterocycles. The molecule has 5 heteroatoms. The van der Waals surface area contributed by atoms with Crippen molar-refractivity contribution in [1.29, 1.82) is 0 Å². The van der Waals surface area contributed by atoms with E-state index >= 15 is 0 Å². The number of aromatic nitrogens is 1. The molecular formula is C19H15ClFNO2. The van der Waals surface area contributed by atoms with Gasteiger partial charge in [-0.1, -0.05) is 29.8 Å². The Hall–Kier alpha value is -2.30. The minimum absolute atomic E-state index is 0.307. The first-order valence-electron chi connectivity index (χ1n) is 7.61. The van der Waals surface area contributed by atoms with Crippen LogP contribution in [0.5, 0.6) is 5.75 Å². The number of hydrogen-bond acceptors (Lipinski definition) is 2. The van der Waals surface area contributed by atoms with E-state index in [-0.39, 0.29) is 6.10 Å². The molecule has 1 N–H and O–H groups in total. The van der Waals surface area contributed by atoms with E-state index in [1.54, 1.807) is 19.1 Å². The molecule has 1 aliphatic rings. The van der Waals surface area contributed by atoms with E-state index in [4.69, 9.17) is 21.1 Å². The van der Waals surface area contributed by atoms with Crippen molar-refractivity contribution < 1.29 is 13.9 Å². The van der Waals surface area contributed by atoms with Gasteiger partial charge in [-0.15, -0.1) is 0 Å². The van der Waals surface area contributed by atoms with Crippen LogP contribution in [-0.2, 0) is 10.5 Å². The number of para-hydroxylation sites is 1. The predicted molar refractivity (Wildman–Crippen MR) is 89.6 cm³/mol. The van der Waals surface area contributed by atoms with Gasteiger partial charge in [-0.05, 0) is 30.3 Å². The second kappa shape index (κ2) is 5.65. The molecular weight excluding hydrogens is 329 g/mol. The van der Waals surface area contributed by atoms with Gasteiger partial charge in [0.05, 0.1) is 5.56 Å². The Kier molecular flexibility index (Phi) is 3.59. The van der Waals surface area contributed by atoms with Crippen LogP contribution < -0.4 is 4.74 Å². The Bertz CT molecular complexity index is 881. The van der Waals surface area contributed by atoms with E-state index < -0.39 is 11.6 Å². The van der Waals surface area contributed by atoms with Crippen molar-refractivity contribution in [1.82, 2.24) is 4.98 Å². The molecule has 24 heavy (non-hydrogen) atoms. The first-order chi connectivity index (χ1) is 11.6. The zero-order chi connectivity index (χ0) is 16.7. The van der Waals surface area contributed by atoms with E-state index in [9.17, 15) is 4.39 Å². The molecule has 3 aromatic rings. The zero-order valence-corrected chi connectivity index (χ0v) is 13.7. The first-order valence-corrected chi connectivity index (χ1v) is 7.98. The maximum absolute atomic E-state index is 14.5. The average Bonchev–Trinajstić information content (AvgIpc) is 3.08. The van der Waals surface area contributed by atoms with Gasteiger partial charge in [0.2, 0.25) is 5.79 Å². The Morgan fingerprint density at radius 3 is 2.75 bits per heavy atom. The summed E-state index contributed by atoms with van der Waals surface area (Å²) in [5.74, 6) is -1.05. The second-order valence-corrected chi connectivity index (χ2v) is 6.29. The van der Waals surface area contributed by atoms with Gasteiger partial charge in [0.15, 0.2) is 0 Å². The molecule has 122 valence electrons. The van der Waals surface area contributed by atoms with Gasteiger partial charge in [-0.3, -0.25) is 0 Å². The normalized spacial score (nSPS) is 22.7. The predicted octanol–water partition coefficient (Wildman–Crippen LogP) is 5.18. The fourth-order valence-corrected chi connectivity index (χ4v) is 3.19. The fraction of sp³-hybridized carbons (Fsp3) is 0.158. The Balaban J connectivity index is 1.84. The summed E-state index contributed by atoms with van der Waals surface area (Å²) in [7, 11) is 0. The van der Waals surface area contributed by atoms with Crippen LogP contribution in [0.25, 0.3) is 0 Å². The molecule has 2 atom stereocenters. The van der Waals surface area contributed by atoms with Gasteiger partial charge < -0.3 is 14.5 Å². The first kappa shape index (κ1) is 15.2. The average molecular weight is 344 g/mol. The van der Waals surface area contributed by atoms with E-state index in [1.807, 2.05) is 42.7 Å². The van der Waals surface area contributed by atoms with E-state index in [0.717, 1.165) is 11.1 Å². The molecule has 2 unspecified atom stereocenters. The van der Waals surface area contributed by atoms with Crippen LogP contribution in [0, 0.1) is 5.82 Å². The molecule has 0 amide bonds. The molecule has 2 heterocycles. The Morgan fingerprint density at radius 2 is 2.00 bits per heavy atom. The standard InChI is InChI=1S/C19H15ClFNO2/c1-19(15-7-6-13(20)10-16(15)21)23-17-5-3-2-4-14(17)18(24-19)12-8-9-22-11-12/h2-11,18,22H,1H3. The number of benzene rings is 2. The van der Waals surface area contributed by atoms with Crippen LogP contribution in [0.3, 0.4) is 0 Å². The van der Waals surface area contributed by atoms with E-state index in [1.165, 1.54) is 6.07 Å². The van der Waals surface area contributed by atoms with Crippen LogP contribution in [-0.4, -0.2) is 4.98 Å². The lowest BCUT2D eigenvalue weighted by Gasteiger charge is -2.40. The zero-order valence-electron chi connectivity index (χ0n) is 12.9. The van der Waals surface area contributed by atoms with Crippen molar-refractivity contribution in [2.45, 2.75) is 18.8 Å². The quantitative estimate of drug-likeness (QED) is 0.695. The summed E-state index contributed by atoms with van der Waals surface area (Å²) in [5.41, 5.74) is 2.16. The Morgan fingerprint density at radius 1 is 1.17 bits per heavy atom. The lowest BCUT2D eigenvalue weighted by atomic mass is 9.98. The Labute approximate surface area is 144 Å². The maximum Gasteiger partial charge on any atom is 0.238 e. The number of ether oxygens (including phenoxy) is 2. The van der Waals surface area contributed by atoms with Crippen molar-refractivity contribution in [2.24, 2.45) is 0 Å². The maximum atomic E-state index is 14.5. The molecule has 0 bridgehead atoms. The topological polar surface area (TPSA) is 34.2 Å². The third-order valence-electron chi connectivity index (χ3n) is 4.19. The molecule has 0 saturated carbocycles. The number of nitrogens with one attached hydrogen (secondary N) is 1. The lowest BCUT2D eigenvalue weighted by molar-refractivity contribution is -0.218. The molecule has 1 aromatic heterocycles. The van der Waals surface area contributed by atoms with E-state index in [0.29, 0.717) is 16.3 Å². The third kappa shape index (κ3) is 2.48. The van der Waals surface area contributed by atoms with Gasteiger partial charge in [-0.2, -0.15) is 0 Å². The van der Waals surface area contributed by atoms with Gasteiger partial charge in [0.1, 0.15) is 17.7 Å². The minimum Gasteiger partial charge on any atom is -0.458 e. The molecule has 1 aliphatic heterocycles. The summed E-state index contributed by atoms with van der Waals surface area (Å²) in [5, 5.41) is 0.332. The molecule has 3 nitrogen and oxygen atoms in total. The van der Waals surface area contributed by atoms with Crippen molar-refractivity contribution in [3.63, 3.8) is 0 Å². The molecule has 4 rings (SSSR count). The van der Waals surface area contributed by atoms with Crippen molar-refractivity contribution >= 4 is 11.6 Å². The van der Waals surface area contributed by atoms with Gasteiger partial charge in [0, 0.05) is 35.5 Å². The monoisotopic (exact) mass is 343 g/mol. The highest BCUT2D eigenvalue weighted by Crippen LogP contribution is 2.46. The van der Waals surface area contributed by atoms with Crippen LogP contribution in [0.15, 0.2) is 60.9 Å². The fourth-order valence-electron chi connectivity index (χ4n) is 3.04. The van der Waals surface area contributed by atoms with Crippen LogP contribution in [0.4, 0.5) is 4.39 Å². The number of halogens is 2. The summed E-state index contributed by atoms with van der Waals surface area (Å²) in [6.07, 6.45) is 3.34. The minimum atomic E-state index is -1.26. The summed E-state index contributed by atoms with van der Waals surface area (Å²) in [6.45, 7) is 1.72. The number of rotatable bonds is 2. The number of hydrogen-bond donors (Lipinski definition) is 1. The van der Waals surface area contributed by atoms with E-state index in [2.05, 4.69) is 4.98 Å². The highest BCUT2D eigenvalue weighted by atomic mass is 35.5. The van der Waals surface area contributed by atoms with Crippen LogP contribution >= 0.6 is 11.6 Å². The van der Waals surface area contributed by atoms with Crippen molar-refractivity contribution in [2.75, 3.05) is 0 Å². The number of aromatic amines is 1. The molecule has 0 radical (unpaired) electrons. The van der Waals surface area contributed by atoms with Gasteiger partial charge >= 0.3 is 0 Å². The highest BCUT2D eigenvalue weighted by Gasteiger charge is 2.42. The summed E-state index contributed by atoms with van der Waals surface area (Å²) in [4.78, 5) is 3.03. The molecule has 0 spiro atoms. The van der Waals surface area contributed by atoms with Crippen LogP contribution in [0.2, 0.25) is 5.02 Å². The van der Waals surface area contributed by atoms with Crippen LogP contribution in [0.1, 0.15) is 29.7 Å². The largest absolute Gasteiger partial charge is 0.458 e. The molecule has 0 fully saturated rings. The lowest BCUT2D eigenvalue weighted by Crippen LogP contribution is -2.39. The van der Waals surface area contributed by atoms with Gasteiger partial charge in [0.25, 0.3) is 0 Å². The molecule has 0 aliphatic carbocycles. The highest BCUT2D eigenvalue weighted by molar-refractivity contribution is 6.30. The summed E-state index contributed by atoms with van der Waals surface area (Å²) < 4.78 is 26.7. The molecule has 2 aromatic carbocycles. The van der Waals surface area contributed by atoms with Crippen molar-refractivity contribution in [3.05, 3.63) is 88.5 Å². The second-order valence-electron chi connectivity index (χ2n) is 5.85. The smallest absolute Gasteiger partial charge is 0.238 e. The summed E-state index contributed by atoms with van der Waals surface area (Å²) >= 11 is 5.87. The summed E-state index contributed by atoms with van der Waals surface area (Å²) in [6, 6.07) is 14.1. The SMILES string of the molecule is CC1(c2ccc(Cl)cc2F)Oc2ccccc2C(c2cc[nH]c2)O1. The number of fused-ring (bicyclic) bond motifs is 1.